The zero-order chi connectivity index (χ0) is 18.4. The van der Waals surface area contributed by atoms with Gasteiger partial charge in [0.05, 0.1) is 11.3 Å². The summed E-state index contributed by atoms with van der Waals surface area (Å²) in [5, 5.41) is 20.1. The highest BCUT2D eigenvalue weighted by Gasteiger charge is 2.23. The van der Waals surface area contributed by atoms with E-state index in [1.165, 1.54) is 11.0 Å². The number of carboxylic acid groups (broad SMARTS) is 1. The van der Waals surface area contributed by atoms with Gasteiger partial charge in [0.2, 0.25) is 0 Å². The van der Waals surface area contributed by atoms with Crippen molar-refractivity contribution in [2.24, 2.45) is 5.92 Å². The van der Waals surface area contributed by atoms with Crippen LogP contribution in [0.2, 0.25) is 0 Å². The third-order valence-electron chi connectivity index (χ3n) is 3.56. The maximum absolute atomic E-state index is 12.7. The Hall–Kier alpha value is -2.44. The fourth-order valence-corrected chi connectivity index (χ4v) is 2.45. The predicted molar refractivity (Wildman–Crippen MR) is 90.2 cm³/mol. The Morgan fingerprint density at radius 3 is 2.33 bits per heavy atom. The van der Waals surface area contributed by atoms with Gasteiger partial charge in [-0.05, 0) is 17.9 Å². The summed E-state index contributed by atoms with van der Waals surface area (Å²) in [5.74, 6) is -1.25. The van der Waals surface area contributed by atoms with Gasteiger partial charge in [-0.3, -0.25) is 19.7 Å². The van der Waals surface area contributed by atoms with Crippen LogP contribution in [0.3, 0.4) is 0 Å². The quantitative estimate of drug-likeness (QED) is 0.580. The molecule has 0 saturated heterocycles. The first kappa shape index (κ1) is 19.6. The van der Waals surface area contributed by atoms with Crippen LogP contribution in [-0.2, 0) is 4.79 Å². The van der Waals surface area contributed by atoms with Crippen LogP contribution >= 0.6 is 0 Å². The molecule has 1 rings (SSSR count). The fraction of sp³-hybridized carbons (Fsp3) is 0.529. The number of nitro benzene ring substituents is 1. The number of amides is 1. The van der Waals surface area contributed by atoms with Crippen LogP contribution in [-0.4, -0.2) is 39.9 Å². The van der Waals surface area contributed by atoms with Crippen LogP contribution in [0, 0.1) is 16.0 Å². The summed E-state index contributed by atoms with van der Waals surface area (Å²) >= 11 is 0. The summed E-state index contributed by atoms with van der Waals surface area (Å²) in [5.41, 5.74) is 0.688. The van der Waals surface area contributed by atoms with Crippen molar-refractivity contribution in [1.29, 1.82) is 0 Å². The molecule has 1 aromatic carbocycles. The molecule has 0 saturated carbocycles. The van der Waals surface area contributed by atoms with Gasteiger partial charge in [0.25, 0.3) is 11.6 Å². The molecular weight excluding hydrogens is 312 g/mol. The number of carbonyl (C=O) groups excluding carboxylic acids is 1. The standard InChI is InChI=1S/C17H24N2O5/c1-11(2)10-18(8-7-16(20)21)17(22)13-5-6-14(12(3)4)15(9-13)19(23)24/h5-6,9,11-12H,7-8,10H2,1-4H3,(H,20,21). The molecular formula is C17H24N2O5. The summed E-state index contributed by atoms with van der Waals surface area (Å²) in [6, 6.07) is 4.45. The Bertz CT molecular complexity index is 625. The average Bonchev–Trinajstić information content (AvgIpc) is 2.49. The van der Waals surface area contributed by atoms with Crippen LogP contribution in [0.25, 0.3) is 0 Å². The van der Waals surface area contributed by atoms with E-state index < -0.39 is 10.9 Å². The fourth-order valence-electron chi connectivity index (χ4n) is 2.45. The molecule has 0 aliphatic heterocycles. The average molecular weight is 336 g/mol. The number of aliphatic carboxylic acids is 1. The first-order valence-corrected chi connectivity index (χ1v) is 7.92. The van der Waals surface area contributed by atoms with E-state index in [0.29, 0.717) is 12.1 Å². The molecule has 1 amide bonds. The van der Waals surface area contributed by atoms with Gasteiger partial charge in [0.15, 0.2) is 0 Å². The van der Waals surface area contributed by atoms with E-state index in [0.717, 1.165) is 0 Å². The molecule has 0 heterocycles. The van der Waals surface area contributed by atoms with E-state index >= 15 is 0 Å². The topological polar surface area (TPSA) is 101 Å². The van der Waals surface area contributed by atoms with Crippen molar-refractivity contribution in [3.63, 3.8) is 0 Å². The summed E-state index contributed by atoms with van der Waals surface area (Å²) in [4.78, 5) is 35.7. The number of benzene rings is 1. The van der Waals surface area contributed by atoms with Gasteiger partial charge >= 0.3 is 5.97 Å². The highest BCUT2D eigenvalue weighted by molar-refractivity contribution is 5.95. The second-order valence-electron chi connectivity index (χ2n) is 6.47. The van der Waals surface area contributed by atoms with Crippen molar-refractivity contribution in [2.75, 3.05) is 13.1 Å². The van der Waals surface area contributed by atoms with Crippen molar-refractivity contribution >= 4 is 17.6 Å². The number of nitro groups is 1. The van der Waals surface area contributed by atoms with Crippen LogP contribution in [0.4, 0.5) is 5.69 Å². The summed E-state index contributed by atoms with van der Waals surface area (Å²) < 4.78 is 0. The largest absolute Gasteiger partial charge is 0.481 e. The van der Waals surface area contributed by atoms with Crippen LogP contribution < -0.4 is 0 Å². The van der Waals surface area contributed by atoms with Crippen molar-refractivity contribution in [1.82, 2.24) is 4.90 Å². The highest BCUT2D eigenvalue weighted by Crippen LogP contribution is 2.27. The van der Waals surface area contributed by atoms with Crippen molar-refractivity contribution in [2.45, 2.75) is 40.0 Å². The molecule has 0 fully saturated rings. The molecule has 0 aromatic heterocycles. The minimum Gasteiger partial charge on any atom is -0.481 e. The molecule has 0 spiro atoms. The number of rotatable bonds is 8. The lowest BCUT2D eigenvalue weighted by Crippen LogP contribution is -2.36. The van der Waals surface area contributed by atoms with E-state index in [1.807, 2.05) is 27.7 Å². The maximum atomic E-state index is 12.7. The summed E-state index contributed by atoms with van der Waals surface area (Å²) in [6.45, 7) is 8.01. The first-order valence-electron chi connectivity index (χ1n) is 7.92. The lowest BCUT2D eigenvalue weighted by atomic mass is 9.99. The van der Waals surface area contributed by atoms with Crippen molar-refractivity contribution in [3.8, 4) is 0 Å². The first-order chi connectivity index (χ1) is 11.1. The molecule has 0 bridgehead atoms. The SMILES string of the molecule is CC(C)CN(CCC(=O)O)C(=O)c1ccc(C(C)C)c([N+](=O)[O-])c1. The summed E-state index contributed by atoms with van der Waals surface area (Å²) in [6.07, 6.45) is -0.162. The molecule has 1 aromatic rings. The molecule has 132 valence electrons. The number of hydrogen-bond donors (Lipinski definition) is 1. The summed E-state index contributed by atoms with van der Waals surface area (Å²) in [7, 11) is 0. The molecule has 24 heavy (non-hydrogen) atoms. The van der Waals surface area contributed by atoms with Gasteiger partial charge in [-0.25, -0.2) is 0 Å². The van der Waals surface area contributed by atoms with Gasteiger partial charge in [0, 0.05) is 30.3 Å². The molecule has 0 atom stereocenters. The van der Waals surface area contributed by atoms with Gasteiger partial charge < -0.3 is 10.0 Å². The Labute approximate surface area is 141 Å². The Morgan fingerprint density at radius 1 is 1.25 bits per heavy atom. The Balaban J connectivity index is 3.15. The van der Waals surface area contributed by atoms with Crippen molar-refractivity contribution in [3.05, 3.63) is 39.4 Å². The highest BCUT2D eigenvalue weighted by atomic mass is 16.6. The Morgan fingerprint density at radius 2 is 1.88 bits per heavy atom. The number of nitrogens with zero attached hydrogens (tertiary/aromatic N) is 2. The molecule has 7 nitrogen and oxygen atoms in total. The Kier molecular flexibility index (Phi) is 6.88. The zero-order valence-corrected chi connectivity index (χ0v) is 14.5. The maximum Gasteiger partial charge on any atom is 0.305 e. The smallest absolute Gasteiger partial charge is 0.305 e. The minimum absolute atomic E-state index is 0.0340. The lowest BCUT2D eigenvalue weighted by Gasteiger charge is -2.24. The number of carbonyl (C=O) groups is 2. The van der Waals surface area contributed by atoms with E-state index in [-0.39, 0.29) is 42.0 Å². The molecule has 0 aliphatic rings. The monoisotopic (exact) mass is 336 g/mol. The lowest BCUT2D eigenvalue weighted by molar-refractivity contribution is -0.385. The van der Waals surface area contributed by atoms with E-state index in [9.17, 15) is 19.7 Å². The van der Waals surface area contributed by atoms with E-state index in [2.05, 4.69) is 0 Å². The third-order valence-corrected chi connectivity index (χ3v) is 3.56. The molecule has 0 aliphatic carbocycles. The molecule has 7 heteroatoms. The second kappa shape index (κ2) is 8.42. The number of carboxylic acids is 1. The molecule has 0 unspecified atom stereocenters. The zero-order valence-electron chi connectivity index (χ0n) is 14.5. The van der Waals surface area contributed by atoms with Crippen LogP contribution in [0.1, 0.15) is 56.0 Å². The van der Waals surface area contributed by atoms with Gasteiger partial charge in [0.1, 0.15) is 0 Å². The number of hydrogen-bond acceptors (Lipinski definition) is 4. The van der Waals surface area contributed by atoms with Crippen LogP contribution in [0.5, 0.6) is 0 Å². The molecule has 1 N–H and O–H groups in total. The van der Waals surface area contributed by atoms with E-state index in [4.69, 9.17) is 5.11 Å². The van der Waals surface area contributed by atoms with Crippen LogP contribution in [0.15, 0.2) is 18.2 Å². The van der Waals surface area contributed by atoms with E-state index in [1.54, 1.807) is 12.1 Å². The predicted octanol–water partition coefficient (Wildman–Crippen LogP) is 3.29. The minimum atomic E-state index is -0.988. The normalized spacial score (nSPS) is 10.9. The molecule has 0 radical (unpaired) electrons. The second-order valence-corrected chi connectivity index (χ2v) is 6.47. The van der Waals surface area contributed by atoms with Gasteiger partial charge in [-0.1, -0.05) is 33.8 Å². The van der Waals surface area contributed by atoms with Crippen molar-refractivity contribution < 1.29 is 19.6 Å². The van der Waals surface area contributed by atoms with Gasteiger partial charge in [-0.2, -0.15) is 0 Å². The third kappa shape index (κ3) is 5.33. The van der Waals surface area contributed by atoms with Gasteiger partial charge in [-0.15, -0.1) is 0 Å².